The molecule has 1 heterocycles. The molecule has 1 aromatic heterocycles. The number of carbonyl (C=O) groups is 1. The van der Waals surface area contributed by atoms with Crippen molar-refractivity contribution in [2.24, 2.45) is 0 Å². The van der Waals surface area contributed by atoms with Crippen molar-refractivity contribution < 1.29 is 9.90 Å². The highest BCUT2D eigenvalue weighted by molar-refractivity contribution is 7.99. The van der Waals surface area contributed by atoms with Gasteiger partial charge in [0.15, 0.2) is 0 Å². The molecule has 20 heavy (non-hydrogen) atoms. The van der Waals surface area contributed by atoms with Gasteiger partial charge in [0.05, 0.1) is 5.56 Å². The molecule has 0 saturated heterocycles. The van der Waals surface area contributed by atoms with Gasteiger partial charge in [0.1, 0.15) is 5.03 Å². The van der Waals surface area contributed by atoms with Crippen LogP contribution in [0.2, 0.25) is 0 Å². The van der Waals surface area contributed by atoms with Crippen LogP contribution in [0, 0.1) is 6.92 Å². The molecule has 0 aliphatic heterocycles. The molecule has 1 aliphatic carbocycles. The van der Waals surface area contributed by atoms with E-state index in [0.29, 0.717) is 5.03 Å². The maximum absolute atomic E-state index is 11.3. The van der Waals surface area contributed by atoms with E-state index in [2.05, 4.69) is 23.2 Å². The zero-order valence-corrected chi connectivity index (χ0v) is 12.0. The number of hydrogen-bond donors (Lipinski definition) is 1. The molecular weight excluding hydrogens is 270 g/mol. The van der Waals surface area contributed by atoms with Gasteiger partial charge in [-0.15, -0.1) is 0 Å². The molecule has 0 bridgehead atoms. The first-order valence-corrected chi connectivity index (χ1v) is 7.46. The standard InChI is InChI=1S/C16H15NO2S/c1-10-5-8-14(16(18)19)15(17-10)20-13-7-6-11-3-2-4-12(11)9-13/h5-9H,2-4H2,1H3,(H,18,19). The molecule has 1 aromatic carbocycles. The Morgan fingerprint density at radius 3 is 2.80 bits per heavy atom. The highest BCUT2D eigenvalue weighted by Crippen LogP contribution is 2.32. The van der Waals surface area contributed by atoms with E-state index in [-0.39, 0.29) is 5.56 Å². The monoisotopic (exact) mass is 285 g/mol. The number of pyridine rings is 1. The molecule has 1 aliphatic rings. The van der Waals surface area contributed by atoms with E-state index < -0.39 is 5.97 Å². The summed E-state index contributed by atoms with van der Waals surface area (Å²) in [6.45, 7) is 1.87. The average molecular weight is 285 g/mol. The van der Waals surface area contributed by atoms with Gasteiger partial charge in [-0.3, -0.25) is 0 Å². The number of nitrogens with zero attached hydrogens (tertiary/aromatic N) is 1. The van der Waals surface area contributed by atoms with Crippen LogP contribution in [-0.2, 0) is 12.8 Å². The van der Waals surface area contributed by atoms with Crippen molar-refractivity contribution in [3.63, 3.8) is 0 Å². The third-order valence-corrected chi connectivity index (χ3v) is 4.51. The fourth-order valence-electron chi connectivity index (χ4n) is 2.50. The van der Waals surface area contributed by atoms with E-state index in [1.54, 1.807) is 12.1 Å². The van der Waals surface area contributed by atoms with E-state index in [4.69, 9.17) is 0 Å². The SMILES string of the molecule is Cc1ccc(C(=O)O)c(Sc2ccc3c(c2)CCC3)n1. The molecule has 0 radical (unpaired) electrons. The highest BCUT2D eigenvalue weighted by atomic mass is 32.2. The molecule has 0 saturated carbocycles. The van der Waals surface area contributed by atoms with E-state index >= 15 is 0 Å². The second-order valence-electron chi connectivity index (χ2n) is 5.00. The number of fused-ring (bicyclic) bond motifs is 1. The molecule has 0 amide bonds. The molecule has 0 fully saturated rings. The number of hydrogen-bond acceptors (Lipinski definition) is 3. The Bertz CT molecular complexity index is 682. The fraction of sp³-hybridized carbons (Fsp3) is 0.250. The van der Waals surface area contributed by atoms with Crippen LogP contribution in [0.25, 0.3) is 0 Å². The van der Waals surface area contributed by atoms with Crippen molar-refractivity contribution in [3.8, 4) is 0 Å². The number of rotatable bonds is 3. The van der Waals surface area contributed by atoms with E-state index in [0.717, 1.165) is 23.4 Å². The van der Waals surface area contributed by atoms with Crippen molar-refractivity contribution in [3.05, 3.63) is 52.7 Å². The van der Waals surface area contributed by atoms with Crippen LogP contribution in [0.1, 0.15) is 33.6 Å². The quantitative estimate of drug-likeness (QED) is 0.933. The van der Waals surface area contributed by atoms with Crippen LogP contribution in [-0.4, -0.2) is 16.1 Å². The Labute approximate surface area is 122 Å². The molecule has 2 aromatic rings. The summed E-state index contributed by atoms with van der Waals surface area (Å²) in [5, 5.41) is 9.80. The number of aryl methyl sites for hydroxylation is 3. The van der Waals surface area contributed by atoms with Gasteiger partial charge in [-0.05, 0) is 61.6 Å². The number of aromatic nitrogens is 1. The van der Waals surface area contributed by atoms with Crippen LogP contribution in [0.4, 0.5) is 0 Å². The third-order valence-electron chi connectivity index (χ3n) is 3.51. The molecule has 3 nitrogen and oxygen atoms in total. The summed E-state index contributed by atoms with van der Waals surface area (Å²) in [6.07, 6.45) is 3.49. The van der Waals surface area contributed by atoms with Crippen molar-refractivity contribution in [2.45, 2.75) is 36.1 Å². The van der Waals surface area contributed by atoms with Gasteiger partial charge in [-0.2, -0.15) is 0 Å². The van der Waals surface area contributed by atoms with Gasteiger partial charge in [-0.1, -0.05) is 17.8 Å². The molecule has 0 atom stereocenters. The molecule has 3 rings (SSSR count). The fourth-order valence-corrected chi connectivity index (χ4v) is 3.51. The molecule has 4 heteroatoms. The summed E-state index contributed by atoms with van der Waals surface area (Å²) in [6, 6.07) is 9.74. The topological polar surface area (TPSA) is 50.2 Å². The van der Waals surface area contributed by atoms with Crippen molar-refractivity contribution in [1.82, 2.24) is 4.98 Å². The summed E-state index contributed by atoms with van der Waals surface area (Å²) in [4.78, 5) is 16.7. The summed E-state index contributed by atoms with van der Waals surface area (Å²) in [5.74, 6) is -0.929. The van der Waals surface area contributed by atoms with Crippen LogP contribution >= 0.6 is 11.8 Å². The Hall–Kier alpha value is -1.81. The lowest BCUT2D eigenvalue weighted by molar-refractivity contribution is 0.0692. The van der Waals surface area contributed by atoms with E-state index in [9.17, 15) is 9.90 Å². The lowest BCUT2D eigenvalue weighted by atomic mass is 10.1. The molecule has 1 N–H and O–H groups in total. The van der Waals surface area contributed by atoms with Gasteiger partial charge >= 0.3 is 5.97 Å². The van der Waals surface area contributed by atoms with Gasteiger partial charge in [0.2, 0.25) is 0 Å². The Morgan fingerprint density at radius 1 is 1.20 bits per heavy atom. The second kappa shape index (κ2) is 5.29. The minimum atomic E-state index is -0.929. The average Bonchev–Trinajstić information content (AvgIpc) is 2.85. The molecular formula is C16H15NO2S. The van der Waals surface area contributed by atoms with Crippen molar-refractivity contribution in [1.29, 1.82) is 0 Å². The Kier molecular flexibility index (Phi) is 3.49. The highest BCUT2D eigenvalue weighted by Gasteiger charge is 2.15. The Morgan fingerprint density at radius 2 is 2.00 bits per heavy atom. The molecule has 102 valence electrons. The minimum absolute atomic E-state index is 0.265. The maximum Gasteiger partial charge on any atom is 0.338 e. The van der Waals surface area contributed by atoms with E-state index in [1.165, 1.54) is 29.3 Å². The first-order valence-electron chi connectivity index (χ1n) is 6.64. The zero-order chi connectivity index (χ0) is 14.1. The van der Waals surface area contributed by atoms with Crippen molar-refractivity contribution >= 4 is 17.7 Å². The summed E-state index contributed by atoms with van der Waals surface area (Å²) >= 11 is 1.43. The van der Waals surface area contributed by atoms with Gasteiger partial charge < -0.3 is 5.11 Å². The number of carboxylic acid groups (broad SMARTS) is 1. The summed E-state index contributed by atoms with van der Waals surface area (Å²) in [7, 11) is 0. The normalized spacial score (nSPS) is 13.2. The zero-order valence-electron chi connectivity index (χ0n) is 11.2. The first-order chi connectivity index (χ1) is 9.63. The Balaban J connectivity index is 1.95. The second-order valence-corrected chi connectivity index (χ2v) is 6.06. The minimum Gasteiger partial charge on any atom is -0.478 e. The van der Waals surface area contributed by atoms with Crippen LogP contribution in [0.3, 0.4) is 0 Å². The van der Waals surface area contributed by atoms with Crippen molar-refractivity contribution in [2.75, 3.05) is 0 Å². The number of carboxylic acids is 1. The lowest BCUT2D eigenvalue weighted by Crippen LogP contribution is -2.01. The van der Waals surface area contributed by atoms with Gasteiger partial charge in [0, 0.05) is 10.6 Å². The number of aromatic carboxylic acids is 1. The van der Waals surface area contributed by atoms with Crippen LogP contribution in [0.5, 0.6) is 0 Å². The number of benzene rings is 1. The predicted octanol–water partition coefficient (Wildman–Crippen LogP) is 3.73. The lowest BCUT2D eigenvalue weighted by Gasteiger charge is -2.07. The third kappa shape index (κ3) is 2.56. The summed E-state index contributed by atoms with van der Waals surface area (Å²) in [5.41, 5.74) is 3.91. The smallest absolute Gasteiger partial charge is 0.338 e. The maximum atomic E-state index is 11.3. The van der Waals surface area contributed by atoms with Crippen LogP contribution < -0.4 is 0 Å². The first kappa shape index (κ1) is 13.2. The molecule has 0 spiro atoms. The molecule has 0 unspecified atom stereocenters. The van der Waals surface area contributed by atoms with E-state index in [1.807, 2.05) is 6.92 Å². The predicted molar refractivity (Wildman–Crippen MR) is 78.5 cm³/mol. The van der Waals surface area contributed by atoms with Crippen LogP contribution in [0.15, 0.2) is 40.3 Å². The van der Waals surface area contributed by atoms with Gasteiger partial charge in [-0.25, -0.2) is 9.78 Å². The largest absolute Gasteiger partial charge is 0.478 e. The van der Waals surface area contributed by atoms with Gasteiger partial charge in [0.25, 0.3) is 0 Å². The summed E-state index contributed by atoms with van der Waals surface area (Å²) < 4.78 is 0.